The van der Waals surface area contributed by atoms with Crippen LogP contribution in [0, 0.1) is 0 Å². The Morgan fingerprint density at radius 1 is 1.55 bits per heavy atom. The summed E-state index contributed by atoms with van der Waals surface area (Å²) < 4.78 is 0. The molecule has 1 aliphatic rings. The highest BCUT2D eigenvalue weighted by Gasteiger charge is 2.05. The number of carboxylic acids is 1. The third kappa shape index (κ3) is 3.91. The molecule has 0 aromatic heterocycles. The number of rotatable bonds is 1. The minimum Gasteiger partial charge on any atom is -0.478 e. The van der Waals surface area contributed by atoms with Crippen molar-refractivity contribution < 1.29 is 9.90 Å². The Morgan fingerprint density at radius 3 is 2.45 bits per heavy atom. The van der Waals surface area contributed by atoms with Crippen LogP contribution in [0.4, 0.5) is 0 Å². The van der Waals surface area contributed by atoms with Crippen molar-refractivity contribution in [1.82, 2.24) is 5.32 Å². The van der Waals surface area contributed by atoms with E-state index in [1.54, 1.807) is 18.4 Å². The highest BCUT2D eigenvalue weighted by Crippen LogP contribution is 1.96. The third-order valence-corrected chi connectivity index (χ3v) is 1.08. The first-order chi connectivity index (χ1) is 4.30. The summed E-state index contributed by atoms with van der Waals surface area (Å²) in [6, 6.07) is 0. The first kappa shape index (κ1) is 13.0. The highest BCUT2D eigenvalue weighted by molar-refractivity contribution is 5.87. The summed E-state index contributed by atoms with van der Waals surface area (Å²) >= 11 is 0. The molecule has 11 heavy (non-hydrogen) atoms. The van der Waals surface area contributed by atoms with Gasteiger partial charge in [0.05, 0.1) is 5.57 Å². The minimum atomic E-state index is -0.855. The lowest BCUT2D eigenvalue weighted by molar-refractivity contribution is -0.132. The maximum atomic E-state index is 10.2. The van der Waals surface area contributed by atoms with Crippen LogP contribution in [0.1, 0.15) is 0 Å². The molecule has 0 fully saturated rings. The summed E-state index contributed by atoms with van der Waals surface area (Å²) in [4.78, 5) is 10.2. The summed E-state index contributed by atoms with van der Waals surface area (Å²) in [5.41, 5.74) is 0.400. The Labute approximate surface area is 77.0 Å². The quantitative estimate of drug-likeness (QED) is 0.659. The van der Waals surface area contributed by atoms with E-state index < -0.39 is 5.97 Å². The number of hydrogen-bond acceptors (Lipinski definition) is 2. The van der Waals surface area contributed by atoms with E-state index in [0.717, 1.165) is 0 Å². The van der Waals surface area contributed by atoms with Crippen LogP contribution in [0.2, 0.25) is 0 Å². The second kappa shape index (κ2) is 6.07. The van der Waals surface area contributed by atoms with Crippen molar-refractivity contribution >= 4 is 30.8 Å². The molecule has 0 aliphatic carbocycles. The van der Waals surface area contributed by atoms with E-state index in [9.17, 15) is 4.79 Å². The molecular weight excluding hydrogens is 189 g/mol. The average Bonchev–Trinajstić information content (AvgIpc) is 1.90. The van der Waals surface area contributed by atoms with Crippen molar-refractivity contribution in [3.8, 4) is 0 Å². The molecule has 2 N–H and O–H groups in total. The predicted octanol–water partition coefficient (Wildman–Crippen LogP) is 0.958. The van der Waals surface area contributed by atoms with Crippen molar-refractivity contribution in [2.75, 3.05) is 6.54 Å². The molecule has 0 bridgehead atoms. The highest BCUT2D eigenvalue weighted by atomic mass is 35.5. The zero-order chi connectivity index (χ0) is 6.69. The number of dihydropyridines is 1. The summed E-state index contributed by atoms with van der Waals surface area (Å²) in [6.07, 6.45) is 4.97. The van der Waals surface area contributed by atoms with Crippen LogP contribution in [-0.2, 0) is 4.79 Å². The van der Waals surface area contributed by atoms with Crippen LogP contribution in [0.5, 0.6) is 0 Å². The SMILES string of the molecule is Cl.Cl.O=C(O)C1=CC=CNC1. The average molecular weight is 198 g/mol. The fourth-order valence-electron chi connectivity index (χ4n) is 0.607. The van der Waals surface area contributed by atoms with Gasteiger partial charge in [-0.05, 0) is 18.4 Å². The van der Waals surface area contributed by atoms with Gasteiger partial charge in [-0.15, -0.1) is 24.8 Å². The minimum absolute atomic E-state index is 0. The molecule has 1 heterocycles. The fourth-order valence-corrected chi connectivity index (χ4v) is 0.607. The smallest absolute Gasteiger partial charge is 0.333 e. The number of carbonyl (C=O) groups is 1. The molecule has 0 saturated carbocycles. The molecule has 0 aromatic rings. The molecule has 1 aliphatic heterocycles. The normalized spacial score (nSPS) is 13.3. The number of hydrogen-bond donors (Lipinski definition) is 2. The molecule has 3 nitrogen and oxygen atoms in total. The van der Waals surface area contributed by atoms with Crippen LogP contribution in [0.25, 0.3) is 0 Å². The molecule has 0 radical (unpaired) electrons. The molecule has 0 amide bonds. The Hall–Kier alpha value is -0.670. The van der Waals surface area contributed by atoms with E-state index >= 15 is 0 Å². The molecule has 0 aromatic carbocycles. The van der Waals surface area contributed by atoms with Crippen molar-refractivity contribution in [3.05, 3.63) is 23.9 Å². The van der Waals surface area contributed by atoms with Gasteiger partial charge in [0.15, 0.2) is 0 Å². The molecule has 0 spiro atoms. The number of halogens is 2. The van der Waals surface area contributed by atoms with Gasteiger partial charge < -0.3 is 10.4 Å². The summed E-state index contributed by atoms with van der Waals surface area (Å²) in [5.74, 6) is -0.855. The Bertz CT molecular complexity index is 189. The van der Waals surface area contributed by atoms with E-state index in [-0.39, 0.29) is 24.8 Å². The fraction of sp³-hybridized carbons (Fsp3) is 0.167. The number of aliphatic carboxylic acids is 1. The van der Waals surface area contributed by atoms with Crippen LogP contribution >= 0.6 is 24.8 Å². The number of nitrogens with one attached hydrogen (secondary N) is 1. The van der Waals surface area contributed by atoms with E-state index in [1.807, 2.05) is 0 Å². The maximum Gasteiger partial charge on any atom is 0.333 e. The first-order valence-electron chi connectivity index (χ1n) is 2.63. The van der Waals surface area contributed by atoms with Gasteiger partial charge in [0.25, 0.3) is 0 Å². The summed E-state index contributed by atoms with van der Waals surface area (Å²) in [6.45, 7) is 0.422. The molecule has 0 saturated heterocycles. The Kier molecular flexibility index (Phi) is 7.15. The van der Waals surface area contributed by atoms with E-state index in [2.05, 4.69) is 5.32 Å². The topological polar surface area (TPSA) is 49.3 Å². The predicted molar refractivity (Wildman–Crippen MR) is 47.4 cm³/mol. The summed E-state index contributed by atoms with van der Waals surface area (Å²) in [7, 11) is 0. The number of carboxylic acid groups (broad SMARTS) is 1. The second-order valence-corrected chi connectivity index (χ2v) is 1.74. The molecule has 5 heteroatoms. The van der Waals surface area contributed by atoms with Gasteiger partial charge in [0, 0.05) is 6.54 Å². The monoisotopic (exact) mass is 197 g/mol. The summed E-state index contributed by atoms with van der Waals surface area (Å²) in [5, 5.41) is 11.2. The third-order valence-electron chi connectivity index (χ3n) is 1.08. The van der Waals surface area contributed by atoms with Gasteiger partial charge in [0.1, 0.15) is 0 Å². The zero-order valence-electron chi connectivity index (χ0n) is 5.61. The van der Waals surface area contributed by atoms with E-state index in [4.69, 9.17) is 5.11 Å². The Morgan fingerprint density at radius 2 is 2.18 bits per heavy atom. The largest absolute Gasteiger partial charge is 0.478 e. The van der Waals surface area contributed by atoms with Crippen LogP contribution in [0.3, 0.4) is 0 Å². The van der Waals surface area contributed by atoms with Crippen LogP contribution in [0.15, 0.2) is 23.9 Å². The molecule has 1 rings (SSSR count). The van der Waals surface area contributed by atoms with Crippen LogP contribution < -0.4 is 5.32 Å². The van der Waals surface area contributed by atoms with Crippen LogP contribution in [-0.4, -0.2) is 17.6 Å². The molecule has 64 valence electrons. The van der Waals surface area contributed by atoms with Crippen molar-refractivity contribution in [2.45, 2.75) is 0 Å². The van der Waals surface area contributed by atoms with Gasteiger partial charge in [-0.3, -0.25) is 0 Å². The molecule has 0 unspecified atom stereocenters. The second-order valence-electron chi connectivity index (χ2n) is 1.74. The number of allylic oxidation sites excluding steroid dienone is 2. The van der Waals surface area contributed by atoms with Crippen molar-refractivity contribution in [2.24, 2.45) is 0 Å². The Balaban J connectivity index is 0. The lowest BCUT2D eigenvalue weighted by atomic mass is 10.2. The van der Waals surface area contributed by atoms with Gasteiger partial charge in [-0.2, -0.15) is 0 Å². The van der Waals surface area contributed by atoms with Crippen molar-refractivity contribution in [1.29, 1.82) is 0 Å². The van der Waals surface area contributed by atoms with Gasteiger partial charge >= 0.3 is 5.97 Å². The lowest BCUT2D eigenvalue weighted by Gasteiger charge is -2.04. The lowest BCUT2D eigenvalue weighted by Crippen LogP contribution is -2.17. The molecule has 0 atom stereocenters. The first-order valence-corrected chi connectivity index (χ1v) is 2.63. The maximum absolute atomic E-state index is 10.2. The standard InChI is InChI=1S/C6H7NO2.2ClH/c8-6(9)5-2-1-3-7-4-5;;/h1-3,7H,4H2,(H,8,9);2*1H. The van der Waals surface area contributed by atoms with Gasteiger partial charge in [0.2, 0.25) is 0 Å². The van der Waals surface area contributed by atoms with Crippen molar-refractivity contribution in [3.63, 3.8) is 0 Å². The van der Waals surface area contributed by atoms with E-state index in [0.29, 0.717) is 12.1 Å². The van der Waals surface area contributed by atoms with Gasteiger partial charge in [-0.1, -0.05) is 0 Å². The zero-order valence-corrected chi connectivity index (χ0v) is 7.24. The van der Waals surface area contributed by atoms with E-state index in [1.165, 1.54) is 0 Å². The molecular formula is C6H9Cl2NO2. The van der Waals surface area contributed by atoms with Gasteiger partial charge in [-0.25, -0.2) is 4.79 Å².